The number of sulfonamides is 1. The predicted molar refractivity (Wildman–Crippen MR) is 83.7 cm³/mol. The Labute approximate surface area is 149 Å². The maximum atomic E-state index is 13.7. The number of benzene rings is 2. The number of anilines is 1. The molecule has 0 saturated carbocycles. The van der Waals surface area contributed by atoms with Gasteiger partial charge in [0.05, 0.1) is 26.3 Å². The molecule has 0 aromatic heterocycles. The van der Waals surface area contributed by atoms with Crippen molar-refractivity contribution < 1.29 is 26.0 Å². The lowest BCUT2D eigenvalue weighted by molar-refractivity contribution is -0.137. The van der Waals surface area contributed by atoms with Gasteiger partial charge in [-0.25, -0.2) is 12.8 Å². The van der Waals surface area contributed by atoms with Gasteiger partial charge in [-0.05, 0) is 30.3 Å². The molecule has 2 aromatic carbocycles. The summed E-state index contributed by atoms with van der Waals surface area (Å²) < 4.78 is 77.9. The second-order valence-corrected chi connectivity index (χ2v) is 7.37. The second-order valence-electron chi connectivity index (χ2n) is 4.49. The zero-order chi connectivity index (χ0) is 18.3. The Kier molecular flexibility index (Phi) is 5.25. The average Bonchev–Trinajstić information content (AvgIpc) is 2.43. The Morgan fingerprint density at radius 1 is 0.917 bits per heavy atom. The van der Waals surface area contributed by atoms with Crippen molar-refractivity contribution in [1.82, 2.24) is 0 Å². The molecule has 3 nitrogen and oxygen atoms in total. The number of halogens is 7. The molecular formula is C13H6Cl3F4NO2S. The lowest BCUT2D eigenvalue weighted by Crippen LogP contribution is -2.16. The van der Waals surface area contributed by atoms with Gasteiger partial charge in [0.25, 0.3) is 10.0 Å². The van der Waals surface area contributed by atoms with Crippen LogP contribution in [0, 0.1) is 5.82 Å². The number of nitrogens with one attached hydrogen (secondary N) is 1. The zero-order valence-corrected chi connectivity index (χ0v) is 14.3. The summed E-state index contributed by atoms with van der Waals surface area (Å²) in [6, 6.07) is 3.26. The summed E-state index contributed by atoms with van der Waals surface area (Å²) in [7, 11) is -4.50. The van der Waals surface area contributed by atoms with E-state index in [2.05, 4.69) is 0 Å². The molecule has 1 N–H and O–H groups in total. The smallest absolute Gasteiger partial charge is 0.277 e. The van der Waals surface area contributed by atoms with Gasteiger partial charge < -0.3 is 0 Å². The summed E-state index contributed by atoms with van der Waals surface area (Å²) in [4.78, 5) is -0.560. The quantitative estimate of drug-likeness (QED) is 0.516. The van der Waals surface area contributed by atoms with Crippen LogP contribution >= 0.6 is 34.8 Å². The maximum Gasteiger partial charge on any atom is 0.416 e. The van der Waals surface area contributed by atoms with Gasteiger partial charge in [-0.2, -0.15) is 13.2 Å². The lowest BCUT2D eigenvalue weighted by Gasteiger charge is -2.13. The van der Waals surface area contributed by atoms with Crippen molar-refractivity contribution >= 4 is 50.5 Å². The van der Waals surface area contributed by atoms with E-state index in [4.69, 9.17) is 34.8 Å². The molecule has 0 aliphatic heterocycles. The highest BCUT2D eigenvalue weighted by molar-refractivity contribution is 7.92. The van der Waals surface area contributed by atoms with E-state index in [0.29, 0.717) is 18.2 Å². The summed E-state index contributed by atoms with van der Waals surface area (Å²) >= 11 is 17.1. The van der Waals surface area contributed by atoms with Crippen LogP contribution in [0.25, 0.3) is 0 Å². The van der Waals surface area contributed by atoms with Gasteiger partial charge in [0.15, 0.2) is 0 Å². The van der Waals surface area contributed by atoms with Crippen LogP contribution in [0.4, 0.5) is 23.2 Å². The molecule has 0 amide bonds. The fourth-order valence-electron chi connectivity index (χ4n) is 1.69. The molecule has 0 unspecified atom stereocenters. The maximum absolute atomic E-state index is 13.7. The van der Waals surface area contributed by atoms with Crippen LogP contribution in [0.15, 0.2) is 35.2 Å². The van der Waals surface area contributed by atoms with Gasteiger partial charge in [-0.1, -0.05) is 34.8 Å². The fraction of sp³-hybridized carbons (Fsp3) is 0.0769. The van der Waals surface area contributed by atoms with E-state index in [0.717, 1.165) is 12.1 Å². The largest absolute Gasteiger partial charge is 0.416 e. The number of rotatable bonds is 3. The van der Waals surface area contributed by atoms with Crippen molar-refractivity contribution in [2.24, 2.45) is 0 Å². The number of hydrogen-bond acceptors (Lipinski definition) is 2. The Morgan fingerprint density at radius 2 is 1.50 bits per heavy atom. The topological polar surface area (TPSA) is 46.2 Å². The summed E-state index contributed by atoms with van der Waals surface area (Å²) in [6.45, 7) is 0. The minimum Gasteiger partial charge on any atom is -0.277 e. The first kappa shape index (κ1) is 19.1. The molecule has 24 heavy (non-hydrogen) atoms. The van der Waals surface area contributed by atoms with Gasteiger partial charge in [0.2, 0.25) is 0 Å². The van der Waals surface area contributed by atoms with Crippen molar-refractivity contribution in [2.75, 3.05) is 4.72 Å². The predicted octanol–water partition coefficient (Wildman–Crippen LogP) is 5.61. The van der Waals surface area contributed by atoms with Crippen LogP contribution in [0.5, 0.6) is 0 Å². The molecule has 11 heteroatoms. The van der Waals surface area contributed by atoms with Gasteiger partial charge >= 0.3 is 6.18 Å². The van der Waals surface area contributed by atoms with E-state index in [1.807, 2.05) is 0 Å². The number of hydrogen-bond donors (Lipinski definition) is 1. The monoisotopic (exact) mass is 421 g/mol. The van der Waals surface area contributed by atoms with Crippen LogP contribution in [0.3, 0.4) is 0 Å². The summed E-state index contributed by atoms with van der Waals surface area (Å²) in [6.07, 6.45) is -4.77. The molecule has 0 radical (unpaired) electrons. The third-order valence-corrected chi connectivity index (χ3v) is 5.35. The normalized spacial score (nSPS) is 12.3. The van der Waals surface area contributed by atoms with Crippen molar-refractivity contribution in [3.63, 3.8) is 0 Å². The Morgan fingerprint density at radius 3 is 2.08 bits per heavy atom. The van der Waals surface area contributed by atoms with Crippen molar-refractivity contribution in [1.29, 1.82) is 0 Å². The Bertz CT molecular complexity index is 901. The highest BCUT2D eigenvalue weighted by Crippen LogP contribution is 2.35. The molecule has 0 fully saturated rings. The Hall–Kier alpha value is -1.22. The van der Waals surface area contributed by atoms with E-state index in [1.54, 1.807) is 4.72 Å². The first-order valence-corrected chi connectivity index (χ1v) is 8.57. The van der Waals surface area contributed by atoms with E-state index < -0.39 is 38.2 Å². The van der Waals surface area contributed by atoms with Gasteiger partial charge in [-0.3, -0.25) is 4.72 Å². The summed E-state index contributed by atoms with van der Waals surface area (Å²) in [5, 5.41) is -0.499. The highest BCUT2D eigenvalue weighted by atomic mass is 35.5. The van der Waals surface area contributed by atoms with Crippen molar-refractivity contribution in [3.8, 4) is 0 Å². The summed E-state index contributed by atoms with van der Waals surface area (Å²) in [5.41, 5.74) is -2.10. The van der Waals surface area contributed by atoms with Gasteiger partial charge in [0.1, 0.15) is 10.7 Å². The minimum absolute atomic E-state index is 0.0223. The lowest BCUT2D eigenvalue weighted by atomic mass is 10.2. The molecule has 0 saturated heterocycles. The van der Waals surface area contributed by atoms with Gasteiger partial charge in [-0.15, -0.1) is 0 Å². The fourth-order valence-corrected chi connectivity index (χ4v) is 3.75. The molecule has 0 aliphatic rings. The van der Waals surface area contributed by atoms with Crippen LogP contribution in [0.2, 0.25) is 15.1 Å². The zero-order valence-electron chi connectivity index (χ0n) is 11.3. The van der Waals surface area contributed by atoms with E-state index >= 15 is 0 Å². The highest BCUT2D eigenvalue weighted by Gasteiger charge is 2.32. The molecule has 2 rings (SSSR count). The van der Waals surface area contributed by atoms with E-state index in [9.17, 15) is 26.0 Å². The molecular weight excluding hydrogens is 417 g/mol. The minimum atomic E-state index is -4.77. The molecule has 0 atom stereocenters. The molecule has 2 aromatic rings. The van der Waals surface area contributed by atoms with Crippen molar-refractivity contribution in [2.45, 2.75) is 11.1 Å². The van der Waals surface area contributed by atoms with Crippen LogP contribution < -0.4 is 4.72 Å². The van der Waals surface area contributed by atoms with Gasteiger partial charge in [0, 0.05) is 0 Å². The molecule has 0 spiro atoms. The number of alkyl halides is 3. The van der Waals surface area contributed by atoms with E-state index in [-0.39, 0.29) is 15.1 Å². The third-order valence-electron chi connectivity index (χ3n) is 2.80. The van der Waals surface area contributed by atoms with Crippen LogP contribution in [0.1, 0.15) is 5.56 Å². The molecule has 0 bridgehead atoms. The molecule has 0 aliphatic carbocycles. The van der Waals surface area contributed by atoms with Crippen molar-refractivity contribution in [3.05, 3.63) is 56.8 Å². The summed E-state index contributed by atoms with van der Waals surface area (Å²) in [5.74, 6) is -1.19. The SMILES string of the molecule is O=S(=O)(Nc1cc(C(F)(F)F)ccc1F)c1cc(Cl)c(Cl)cc1Cl. The van der Waals surface area contributed by atoms with Crippen LogP contribution in [-0.2, 0) is 16.2 Å². The second kappa shape index (κ2) is 6.59. The van der Waals surface area contributed by atoms with E-state index in [1.165, 1.54) is 0 Å². The average molecular weight is 423 g/mol. The third kappa shape index (κ3) is 4.05. The Balaban J connectivity index is 2.49. The molecule has 0 heterocycles. The molecule has 130 valence electrons. The van der Waals surface area contributed by atoms with Crippen LogP contribution in [-0.4, -0.2) is 8.42 Å². The standard InChI is InChI=1S/C13H6Cl3F4NO2S/c14-7-4-9(16)12(5-8(7)15)24(22,23)21-11-3-6(13(18,19)20)1-2-10(11)17/h1-5,21H. The first-order valence-electron chi connectivity index (χ1n) is 5.96. The first-order chi connectivity index (χ1) is 10.9.